The van der Waals surface area contributed by atoms with Crippen molar-refractivity contribution in [3.05, 3.63) is 33.9 Å². The lowest BCUT2D eigenvalue weighted by molar-refractivity contribution is -0.384. The Morgan fingerprint density at radius 3 is 2.90 bits per heavy atom. The van der Waals surface area contributed by atoms with Crippen LogP contribution in [0.4, 0.5) is 11.4 Å². The van der Waals surface area contributed by atoms with Crippen LogP contribution in [0.25, 0.3) is 0 Å². The van der Waals surface area contributed by atoms with Crippen LogP contribution in [0.1, 0.15) is 31.7 Å². The molecular weight excluding hydrogens is 254 g/mol. The number of hydrogen-bond acceptors (Lipinski definition) is 4. The molecule has 0 radical (unpaired) electrons. The summed E-state index contributed by atoms with van der Waals surface area (Å²) >= 11 is 0. The van der Waals surface area contributed by atoms with Crippen molar-refractivity contribution in [1.29, 1.82) is 0 Å². The van der Waals surface area contributed by atoms with Crippen molar-refractivity contribution in [2.24, 2.45) is 5.92 Å². The Balaban J connectivity index is 1.76. The van der Waals surface area contributed by atoms with E-state index in [0.717, 1.165) is 18.5 Å². The minimum absolute atomic E-state index is 0.165. The Labute approximate surface area is 119 Å². The molecule has 1 saturated heterocycles. The Kier molecular flexibility index (Phi) is 3.61. The number of rotatable bonds is 5. The lowest BCUT2D eigenvalue weighted by Crippen LogP contribution is -2.31. The fraction of sp³-hybridized carbons (Fsp3) is 0.600. The van der Waals surface area contributed by atoms with Gasteiger partial charge in [0.05, 0.1) is 4.92 Å². The van der Waals surface area contributed by atoms with E-state index >= 15 is 0 Å². The smallest absolute Gasteiger partial charge is 0.292 e. The van der Waals surface area contributed by atoms with Crippen molar-refractivity contribution < 1.29 is 4.92 Å². The van der Waals surface area contributed by atoms with Gasteiger partial charge in [-0.25, -0.2) is 0 Å². The summed E-state index contributed by atoms with van der Waals surface area (Å²) in [6.07, 6.45) is 4.04. The first-order chi connectivity index (χ1) is 9.67. The predicted octanol–water partition coefficient (Wildman–Crippen LogP) is 3.01. The van der Waals surface area contributed by atoms with Gasteiger partial charge in [-0.1, -0.05) is 6.07 Å². The van der Waals surface area contributed by atoms with Crippen molar-refractivity contribution >= 4 is 11.4 Å². The van der Waals surface area contributed by atoms with Gasteiger partial charge in [-0.15, -0.1) is 0 Å². The summed E-state index contributed by atoms with van der Waals surface area (Å²) in [5.74, 6) is 0.881. The van der Waals surface area contributed by atoms with Crippen LogP contribution in [0.2, 0.25) is 0 Å². The maximum atomic E-state index is 11.0. The van der Waals surface area contributed by atoms with Crippen LogP contribution in [-0.2, 0) is 6.54 Å². The maximum Gasteiger partial charge on any atom is 0.292 e. The molecule has 2 fully saturated rings. The van der Waals surface area contributed by atoms with Crippen molar-refractivity contribution in [2.75, 3.05) is 18.4 Å². The third-order valence-electron chi connectivity index (χ3n) is 4.53. The van der Waals surface area contributed by atoms with Crippen LogP contribution in [0, 0.1) is 16.0 Å². The van der Waals surface area contributed by atoms with E-state index in [-0.39, 0.29) is 10.6 Å². The lowest BCUT2D eigenvalue weighted by Gasteiger charge is -2.26. The zero-order valence-corrected chi connectivity index (χ0v) is 11.8. The van der Waals surface area contributed by atoms with E-state index < -0.39 is 0 Å². The minimum Gasteiger partial charge on any atom is -0.380 e. The fourth-order valence-electron chi connectivity index (χ4n) is 3.63. The number of nitrogens with one attached hydrogen (secondary N) is 1. The highest BCUT2D eigenvalue weighted by Gasteiger charge is 2.37. The molecule has 20 heavy (non-hydrogen) atoms. The fourth-order valence-corrected chi connectivity index (χ4v) is 3.63. The summed E-state index contributed by atoms with van der Waals surface area (Å²) in [7, 11) is 0. The van der Waals surface area contributed by atoms with Crippen LogP contribution < -0.4 is 5.32 Å². The Morgan fingerprint density at radius 2 is 2.30 bits per heavy atom. The van der Waals surface area contributed by atoms with E-state index in [1.807, 2.05) is 19.1 Å². The first kappa shape index (κ1) is 13.4. The monoisotopic (exact) mass is 275 g/mol. The molecule has 3 rings (SSSR count). The molecule has 5 heteroatoms. The molecule has 1 heterocycles. The summed E-state index contributed by atoms with van der Waals surface area (Å²) in [6.45, 7) is 4.75. The summed E-state index contributed by atoms with van der Waals surface area (Å²) in [5, 5.41) is 14.1. The summed E-state index contributed by atoms with van der Waals surface area (Å²) in [5.41, 5.74) is 1.97. The molecular formula is C15H21N3O2. The number of nitro groups is 1. The number of piperidine rings is 1. The second kappa shape index (κ2) is 5.40. The van der Waals surface area contributed by atoms with Gasteiger partial charge < -0.3 is 5.32 Å². The van der Waals surface area contributed by atoms with Gasteiger partial charge >= 0.3 is 0 Å². The van der Waals surface area contributed by atoms with E-state index in [0.29, 0.717) is 12.2 Å². The topological polar surface area (TPSA) is 58.4 Å². The summed E-state index contributed by atoms with van der Waals surface area (Å²) in [6, 6.07) is 6.19. The number of nitrogens with zero attached hydrogens (tertiary/aromatic N) is 2. The van der Waals surface area contributed by atoms with E-state index in [1.54, 1.807) is 6.07 Å². The Hall–Kier alpha value is -1.62. The minimum atomic E-state index is -0.320. The molecule has 1 aliphatic carbocycles. The van der Waals surface area contributed by atoms with Gasteiger partial charge in [0.2, 0.25) is 0 Å². The molecule has 2 atom stereocenters. The average Bonchev–Trinajstić information content (AvgIpc) is 3.01. The van der Waals surface area contributed by atoms with Gasteiger partial charge in [0, 0.05) is 31.7 Å². The highest BCUT2D eigenvalue weighted by Crippen LogP contribution is 2.38. The predicted molar refractivity (Wildman–Crippen MR) is 78.8 cm³/mol. The van der Waals surface area contributed by atoms with Gasteiger partial charge in [0.25, 0.3) is 5.69 Å². The standard InChI is InChI=1S/C15H21N3O2/c1-2-16-14-8-12(4-6-15(14)18(19)20)10-17-9-11-3-5-13(17)7-11/h4,6,8,11,13,16H,2-3,5,7,9-10H2,1H3. The number of benzene rings is 1. The molecule has 1 aromatic carbocycles. The first-order valence-corrected chi connectivity index (χ1v) is 7.42. The van der Waals surface area contributed by atoms with E-state index in [2.05, 4.69) is 10.2 Å². The van der Waals surface area contributed by atoms with Gasteiger partial charge in [0.15, 0.2) is 0 Å². The molecule has 0 spiro atoms. The summed E-state index contributed by atoms with van der Waals surface area (Å²) < 4.78 is 0. The number of nitro benzene ring substituents is 1. The van der Waals surface area contributed by atoms with Gasteiger partial charge in [-0.2, -0.15) is 0 Å². The maximum absolute atomic E-state index is 11.0. The zero-order valence-electron chi connectivity index (χ0n) is 11.8. The lowest BCUT2D eigenvalue weighted by atomic mass is 10.1. The van der Waals surface area contributed by atoms with Crippen molar-refractivity contribution in [3.8, 4) is 0 Å². The van der Waals surface area contributed by atoms with Crippen molar-refractivity contribution in [3.63, 3.8) is 0 Å². The third kappa shape index (κ3) is 2.50. The average molecular weight is 275 g/mol. The SMILES string of the molecule is CCNc1cc(CN2CC3CCC2C3)ccc1[N+](=O)[O-]. The molecule has 1 saturated carbocycles. The quantitative estimate of drug-likeness (QED) is 0.663. The van der Waals surface area contributed by atoms with Gasteiger partial charge in [-0.3, -0.25) is 15.0 Å². The molecule has 2 bridgehead atoms. The molecule has 0 aromatic heterocycles. The van der Waals surface area contributed by atoms with Crippen molar-refractivity contribution in [2.45, 2.75) is 38.8 Å². The number of anilines is 1. The molecule has 0 amide bonds. The normalized spacial score (nSPS) is 25.1. The highest BCUT2D eigenvalue weighted by atomic mass is 16.6. The van der Waals surface area contributed by atoms with Crippen LogP contribution in [0.5, 0.6) is 0 Å². The van der Waals surface area contributed by atoms with E-state index in [9.17, 15) is 10.1 Å². The summed E-state index contributed by atoms with van der Waals surface area (Å²) in [4.78, 5) is 13.2. The second-order valence-electron chi connectivity index (χ2n) is 5.90. The molecule has 1 aliphatic heterocycles. The Bertz CT molecular complexity index is 518. The molecule has 108 valence electrons. The van der Waals surface area contributed by atoms with Crippen LogP contribution >= 0.6 is 0 Å². The number of fused-ring (bicyclic) bond motifs is 2. The van der Waals surface area contributed by atoms with Crippen LogP contribution in [0.3, 0.4) is 0 Å². The van der Waals surface area contributed by atoms with Gasteiger partial charge in [-0.05, 0) is 43.7 Å². The largest absolute Gasteiger partial charge is 0.380 e. The van der Waals surface area contributed by atoms with E-state index in [1.165, 1.54) is 31.4 Å². The molecule has 1 N–H and O–H groups in total. The van der Waals surface area contributed by atoms with Crippen molar-refractivity contribution in [1.82, 2.24) is 4.90 Å². The Morgan fingerprint density at radius 1 is 1.45 bits per heavy atom. The van der Waals surface area contributed by atoms with E-state index in [4.69, 9.17) is 0 Å². The number of likely N-dealkylation sites (tertiary alicyclic amines) is 1. The third-order valence-corrected chi connectivity index (χ3v) is 4.53. The van der Waals surface area contributed by atoms with Crippen LogP contribution in [-0.4, -0.2) is 29.0 Å². The van der Waals surface area contributed by atoms with Gasteiger partial charge in [0.1, 0.15) is 5.69 Å². The number of hydrogen-bond donors (Lipinski definition) is 1. The highest BCUT2D eigenvalue weighted by molar-refractivity contribution is 5.62. The molecule has 2 unspecified atom stereocenters. The zero-order chi connectivity index (χ0) is 14.1. The first-order valence-electron chi connectivity index (χ1n) is 7.42. The second-order valence-corrected chi connectivity index (χ2v) is 5.90. The molecule has 5 nitrogen and oxygen atoms in total. The molecule has 1 aromatic rings. The molecule has 2 aliphatic rings. The van der Waals surface area contributed by atoms with Crippen LogP contribution in [0.15, 0.2) is 18.2 Å².